The van der Waals surface area contributed by atoms with Crippen LogP contribution < -0.4 is 5.32 Å². The summed E-state index contributed by atoms with van der Waals surface area (Å²) in [7, 11) is -3.62. The van der Waals surface area contributed by atoms with Crippen LogP contribution >= 0.6 is 23.4 Å². The predicted molar refractivity (Wildman–Crippen MR) is 123 cm³/mol. The Balaban J connectivity index is 1.56. The maximum Gasteiger partial charge on any atom is 0.276 e. The first-order valence-electron chi connectivity index (χ1n) is 9.22. The highest BCUT2D eigenvalue weighted by Crippen LogP contribution is 2.32. The van der Waals surface area contributed by atoms with Gasteiger partial charge in [-0.15, -0.1) is 0 Å². The van der Waals surface area contributed by atoms with Gasteiger partial charge in [0.2, 0.25) is 15.0 Å². The lowest BCUT2D eigenvalue weighted by atomic mass is 10.2. The maximum absolute atomic E-state index is 12.8. The number of nitrogens with zero attached hydrogens (tertiary/aromatic N) is 3. The van der Waals surface area contributed by atoms with Gasteiger partial charge in [0.25, 0.3) is 5.91 Å². The number of imidazole rings is 1. The maximum atomic E-state index is 12.8. The number of benzene rings is 2. The molecule has 0 atom stereocenters. The van der Waals surface area contributed by atoms with Crippen molar-refractivity contribution in [1.82, 2.24) is 9.38 Å². The largest absolute Gasteiger partial charge is 0.321 e. The molecule has 7 nitrogen and oxygen atoms in total. The topological polar surface area (TPSA) is 104 Å². The molecule has 2 aromatic carbocycles. The smallest absolute Gasteiger partial charge is 0.276 e. The molecule has 0 saturated carbocycles. The SMILES string of the molecule is CS(=O)(=O)c1nc(C(=O)Nc2ccc(Sc3ccc(Cl)cc3C#N)cc2)c2ccccn12. The van der Waals surface area contributed by atoms with Crippen LogP contribution in [-0.2, 0) is 9.84 Å². The molecule has 0 aliphatic rings. The van der Waals surface area contributed by atoms with Gasteiger partial charge in [0.05, 0.1) is 11.1 Å². The van der Waals surface area contributed by atoms with Crippen LogP contribution in [0, 0.1) is 11.3 Å². The number of hydrogen-bond acceptors (Lipinski definition) is 6. The van der Waals surface area contributed by atoms with Gasteiger partial charge in [-0.25, -0.2) is 13.4 Å². The van der Waals surface area contributed by atoms with Gasteiger partial charge >= 0.3 is 0 Å². The molecule has 4 aromatic rings. The van der Waals surface area contributed by atoms with Crippen LogP contribution in [0.1, 0.15) is 16.1 Å². The fourth-order valence-corrected chi connectivity index (χ4v) is 4.86. The number of nitrogens with one attached hydrogen (secondary N) is 1. The lowest BCUT2D eigenvalue weighted by molar-refractivity contribution is 0.102. The van der Waals surface area contributed by atoms with Crippen molar-refractivity contribution in [3.63, 3.8) is 0 Å². The number of carbonyl (C=O) groups excluding carboxylic acids is 1. The molecule has 0 saturated heterocycles. The number of amides is 1. The molecule has 0 spiro atoms. The van der Waals surface area contributed by atoms with Crippen LogP contribution in [0.5, 0.6) is 0 Å². The minimum absolute atomic E-state index is 0.0179. The zero-order valence-corrected chi connectivity index (χ0v) is 19.0. The second kappa shape index (κ2) is 8.67. The van der Waals surface area contributed by atoms with E-state index in [2.05, 4.69) is 16.4 Å². The lowest BCUT2D eigenvalue weighted by Crippen LogP contribution is -2.13. The Hall–Kier alpha value is -3.32. The molecule has 0 aliphatic heterocycles. The summed E-state index contributed by atoms with van der Waals surface area (Å²) in [4.78, 5) is 18.5. The van der Waals surface area contributed by atoms with Gasteiger partial charge in [-0.3, -0.25) is 9.20 Å². The molecule has 32 heavy (non-hydrogen) atoms. The second-order valence-corrected chi connectivity index (χ2v) is 10.3. The third-order valence-corrected chi connectivity index (χ3v) is 6.73. The normalized spacial score (nSPS) is 11.3. The van der Waals surface area contributed by atoms with Crippen LogP contribution in [0.4, 0.5) is 5.69 Å². The number of carbonyl (C=O) groups is 1. The molecular formula is C22H15ClN4O3S2. The van der Waals surface area contributed by atoms with Crippen molar-refractivity contribution in [1.29, 1.82) is 5.26 Å². The Morgan fingerprint density at radius 2 is 1.91 bits per heavy atom. The number of fused-ring (bicyclic) bond motifs is 1. The number of aromatic nitrogens is 2. The Kier molecular flexibility index (Phi) is 5.93. The van der Waals surface area contributed by atoms with E-state index in [0.717, 1.165) is 16.0 Å². The summed E-state index contributed by atoms with van der Waals surface area (Å²) in [6.07, 6.45) is 2.60. The fourth-order valence-electron chi connectivity index (χ4n) is 3.04. The standard InChI is InChI=1S/C22H15ClN4O3S2/c1-32(29,30)22-26-20(18-4-2-3-11-27(18)22)21(28)25-16-6-8-17(9-7-16)31-19-10-5-15(23)12-14(19)13-24/h2-12H,1H3,(H,25,28). The molecule has 2 aromatic heterocycles. The van der Waals surface area contributed by atoms with Crippen LogP contribution in [0.15, 0.2) is 81.8 Å². The van der Waals surface area contributed by atoms with Gasteiger partial charge < -0.3 is 5.32 Å². The number of halogens is 1. The van der Waals surface area contributed by atoms with Crippen molar-refractivity contribution in [2.24, 2.45) is 0 Å². The van der Waals surface area contributed by atoms with Crippen molar-refractivity contribution in [3.8, 4) is 6.07 Å². The molecule has 4 rings (SSSR count). The second-order valence-electron chi connectivity index (χ2n) is 6.80. The Bertz CT molecular complexity index is 1490. The zero-order chi connectivity index (χ0) is 22.9. The Labute approximate surface area is 193 Å². The summed E-state index contributed by atoms with van der Waals surface area (Å²) in [5, 5.41) is 12.3. The molecule has 1 N–H and O–H groups in total. The zero-order valence-electron chi connectivity index (χ0n) is 16.6. The van der Waals surface area contributed by atoms with Crippen LogP contribution in [-0.4, -0.2) is 30.0 Å². The molecule has 0 aliphatic carbocycles. The molecule has 160 valence electrons. The van der Waals surface area contributed by atoms with Crippen LogP contribution in [0.3, 0.4) is 0 Å². The van der Waals surface area contributed by atoms with E-state index in [1.807, 2.05) is 12.1 Å². The average molecular weight is 483 g/mol. The number of rotatable bonds is 5. The summed E-state index contributed by atoms with van der Waals surface area (Å²) in [5.41, 5.74) is 1.41. The third-order valence-electron chi connectivity index (χ3n) is 4.46. The monoisotopic (exact) mass is 482 g/mol. The molecule has 0 radical (unpaired) electrons. The molecule has 0 unspecified atom stereocenters. The number of nitriles is 1. The van der Waals surface area contributed by atoms with E-state index in [1.54, 1.807) is 54.7 Å². The predicted octanol–water partition coefficient (Wildman–Crippen LogP) is 4.67. The lowest BCUT2D eigenvalue weighted by Gasteiger charge is -2.07. The van der Waals surface area contributed by atoms with Crippen molar-refractivity contribution < 1.29 is 13.2 Å². The number of sulfone groups is 1. The van der Waals surface area contributed by atoms with E-state index in [-0.39, 0.29) is 10.9 Å². The first kappa shape index (κ1) is 21.9. The van der Waals surface area contributed by atoms with Crippen molar-refractivity contribution in [3.05, 3.63) is 83.1 Å². The van der Waals surface area contributed by atoms with E-state index in [1.165, 1.54) is 16.2 Å². The molecule has 0 bridgehead atoms. The highest BCUT2D eigenvalue weighted by Gasteiger charge is 2.22. The van der Waals surface area contributed by atoms with Crippen molar-refractivity contribution in [2.75, 3.05) is 11.6 Å². The number of hydrogen-bond donors (Lipinski definition) is 1. The van der Waals surface area contributed by atoms with E-state index in [0.29, 0.717) is 21.8 Å². The van der Waals surface area contributed by atoms with Crippen LogP contribution in [0.25, 0.3) is 5.52 Å². The van der Waals surface area contributed by atoms with Gasteiger partial charge in [-0.2, -0.15) is 5.26 Å². The van der Waals surface area contributed by atoms with Crippen molar-refractivity contribution >= 4 is 50.3 Å². The molecule has 0 fully saturated rings. The summed E-state index contributed by atoms with van der Waals surface area (Å²) in [6.45, 7) is 0. The summed E-state index contributed by atoms with van der Waals surface area (Å²) >= 11 is 7.34. The van der Waals surface area contributed by atoms with Crippen LogP contribution in [0.2, 0.25) is 5.02 Å². The number of anilines is 1. The first-order valence-corrected chi connectivity index (χ1v) is 12.3. The highest BCUT2D eigenvalue weighted by atomic mass is 35.5. The van der Waals surface area contributed by atoms with E-state index >= 15 is 0 Å². The molecular weight excluding hydrogens is 468 g/mol. The first-order chi connectivity index (χ1) is 15.3. The molecule has 2 heterocycles. The van der Waals surface area contributed by atoms with Gasteiger partial charge in [0, 0.05) is 33.0 Å². The summed E-state index contributed by atoms with van der Waals surface area (Å²) < 4.78 is 25.5. The minimum Gasteiger partial charge on any atom is -0.321 e. The van der Waals surface area contributed by atoms with Crippen molar-refractivity contribution in [2.45, 2.75) is 14.9 Å². The summed E-state index contributed by atoms with van der Waals surface area (Å²) in [5.74, 6) is -0.520. The highest BCUT2D eigenvalue weighted by molar-refractivity contribution is 7.99. The van der Waals surface area contributed by atoms with Gasteiger partial charge in [-0.05, 0) is 54.6 Å². The van der Waals surface area contributed by atoms with E-state index < -0.39 is 15.7 Å². The number of pyridine rings is 1. The van der Waals surface area contributed by atoms with Gasteiger partial charge in [-0.1, -0.05) is 29.4 Å². The fraction of sp³-hybridized carbons (Fsp3) is 0.0455. The van der Waals surface area contributed by atoms with E-state index in [4.69, 9.17) is 11.6 Å². The van der Waals surface area contributed by atoms with Gasteiger partial charge in [0.1, 0.15) is 6.07 Å². The Morgan fingerprint density at radius 1 is 1.16 bits per heavy atom. The molecule has 1 amide bonds. The quantitative estimate of drug-likeness (QED) is 0.443. The van der Waals surface area contributed by atoms with Gasteiger partial charge in [0.15, 0.2) is 5.69 Å². The average Bonchev–Trinajstić information content (AvgIpc) is 3.17. The summed E-state index contributed by atoms with van der Waals surface area (Å²) in [6, 6.07) is 19.3. The minimum atomic E-state index is -3.62. The molecule has 10 heteroatoms. The van der Waals surface area contributed by atoms with E-state index in [9.17, 15) is 18.5 Å². The third kappa shape index (κ3) is 4.48. The Morgan fingerprint density at radius 3 is 2.59 bits per heavy atom.